The first-order valence-corrected chi connectivity index (χ1v) is 8.16. The van der Waals surface area contributed by atoms with E-state index in [1.807, 2.05) is 0 Å². The van der Waals surface area contributed by atoms with Gasteiger partial charge in [-0.1, -0.05) is 18.0 Å². The number of amidine groups is 1. The van der Waals surface area contributed by atoms with Crippen molar-refractivity contribution >= 4 is 5.84 Å². The number of rotatable bonds is 6. The van der Waals surface area contributed by atoms with E-state index in [0.29, 0.717) is 24.5 Å². The highest BCUT2D eigenvalue weighted by Gasteiger charge is 2.29. The summed E-state index contributed by atoms with van der Waals surface area (Å²) < 4.78 is 5.94. The topological polar surface area (TPSA) is 74.3 Å². The van der Waals surface area contributed by atoms with Crippen molar-refractivity contribution in [1.82, 2.24) is 9.80 Å². The van der Waals surface area contributed by atoms with Gasteiger partial charge in [0.15, 0.2) is 5.84 Å². The van der Waals surface area contributed by atoms with Crippen LogP contribution in [0.5, 0.6) is 0 Å². The molecule has 0 radical (unpaired) electrons. The summed E-state index contributed by atoms with van der Waals surface area (Å²) in [7, 11) is 0. The molecule has 1 heterocycles. The Morgan fingerprint density at radius 2 is 2.14 bits per heavy atom. The van der Waals surface area contributed by atoms with Crippen molar-refractivity contribution in [1.29, 1.82) is 0 Å². The van der Waals surface area contributed by atoms with E-state index in [1.165, 1.54) is 25.7 Å². The highest BCUT2D eigenvalue weighted by molar-refractivity contribution is 5.81. The molecule has 3 N–H and O–H groups in total. The van der Waals surface area contributed by atoms with E-state index in [9.17, 15) is 0 Å². The van der Waals surface area contributed by atoms with E-state index in [1.54, 1.807) is 0 Å². The molecule has 1 saturated heterocycles. The third-order valence-corrected chi connectivity index (χ3v) is 4.67. The fraction of sp³-hybridized carbons (Fsp3) is 0.933. The normalized spacial score (nSPS) is 26.1. The van der Waals surface area contributed by atoms with Crippen molar-refractivity contribution in [3.05, 3.63) is 0 Å². The molecule has 6 nitrogen and oxygen atoms in total. The molecule has 1 saturated carbocycles. The predicted molar refractivity (Wildman–Crippen MR) is 83.7 cm³/mol. The number of oxime groups is 1. The molecular weight excluding hydrogens is 268 g/mol. The molecule has 1 aliphatic carbocycles. The Kier molecular flexibility index (Phi) is 6.26. The van der Waals surface area contributed by atoms with Gasteiger partial charge in [0.25, 0.3) is 0 Å². The third-order valence-electron chi connectivity index (χ3n) is 4.67. The molecule has 0 aromatic carbocycles. The first kappa shape index (κ1) is 16.5. The van der Waals surface area contributed by atoms with E-state index in [-0.39, 0.29) is 6.10 Å². The maximum absolute atomic E-state index is 8.84. The van der Waals surface area contributed by atoms with Gasteiger partial charge in [0.1, 0.15) is 0 Å². The molecule has 1 aliphatic heterocycles. The number of nitrogens with two attached hydrogens (primary N) is 1. The summed E-state index contributed by atoms with van der Waals surface area (Å²) in [5.74, 6) is 0.290. The van der Waals surface area contributed by atoms with Crippen LogP contribution in [0.3, 0.4) is 0 Å². The van der Waals surface area contributed by atoms with Crippen molar-refractivity contribution in [2.45, 2.75) is 57.7 Å². The Hall–Kier alpha value is -0.850. The van der Waals surface area contributed by atoms with E-state index in [4.69, 9.17) is 15.7 Å². The van der Waals surface area contributed by atoms with Gasteiger partial charge in [-0.25, -0.2) is 0 Å². The van der Waals surface area contributed by atoms with Crippen LogP contribution in [0.1, 0.15) is 39.5 Å². The Balaban J connectivity index is 1.93. The van der Waals surface area contributed by atoms with Gasteiger partial charge in [-0.3, -0.25) is 9.80 Å². The molecule has 2 fully saturated rings. The van der Waals surface area contributed by atoms with Crippen LogP contribution in [0.25, 0.3) is 0 Å². The molecule has 0 bridgehead atoms. The lowest BCUT2D eigenvalue weighted by atomic mass is 10.1. The van der Waals surface area contributed by atoms with E-state index < -0.39 is 0 Å². The SMILES string of the molecule is CC(C)N1CCOC(CN(CC(N)=NO)C2CCCC2)C1. The summed E-state index contributed by atoms with van der Waals surface area (Å²) in [5.41, 5.74) is 5.73. The summed E-state index contributed by atoms with van der Waals surface area (Å²) in [6.45, 7) is 8.63. The zero-order chi connectivity index (χ0) is 15.2. The molecule has 0 spiro atoms. The standard InChI is InChI=1S/C15H30N4O2/c1-12(2)18-7-8-21-14(9-18)10-19(11-15(16)17-20)13-5-3-4-6-13/h12-14,20H,3-11H2,1-2H3,(H2,16,17). The minimum atomic E-state index is 0.216. The number of hydrogen-bond donors (Lipinski definition) is 2. The van der Waals surface area contributed by atoms with Gasteiger partial charge in [-0.05, 0) is 26.7 Å². The van der Waals surface area contributed by atoms with Crippen LogP contribution in [0.4, 0.5) is 0 Å². The molecule has 0 amide bonds. The van der Waals surface area contributed by atoms with E-state index >= 15 is 0 Å². The number of ether oxygens (including phenoxy) is 1. The molecule has 1 unspecified atom stereocenters. The molecule has 6 heteroatoms. The first-order chi connectivity index (χ1) is 10.1. The molecule has 1 atom stereocenters. The summed E-state index contributed by atoms with van der Waals surface area (Å²) in [4.78, 5) is 4.81. The largest absolute Gasteiger partial charge is 0.409 e. The van der Waals surface area contributed by atoms with Gasteiger partial charge in [0.2, 0.25) is 0 Å². The van der Waals surface area contributed by atoms with Crippen LogP contribution in [0, 0.1) is 0 Å². The highest BCUT2D eigenvalue weighted by atomic mass is 16.5. The van der Waals surface area contributed by atoms with Crippen LogP contribution in [0.15, 0.2) is 5.16 Å². The van der Waals surface area contributed by atoms with Crippen molar-refractivity contribution < 1.29 is 9.94 Å². The molecule has 2 aliphatic rings. The Morgan fingerprint density at radius 3 is 2.76 bits per heavy atom. The van der Waals surface area contributed by atoms with Gasteiger partial charge in [-0.15, -0.1) is 0 Å². The summed E-state index contributed by atoms with van der Waals surface area (Å²) in [5, 5.41) is 12.0. The molecule has 21 heavy (non-hydrogen) atoms. The quantitative estimate of drug-likeness (QED) is 0.332. The minimum absolute atomic E-state index is 0.216. The number of hydrogen-bond acceptors (Lipinski definition) is 5. The highest BCUT2D eigenvalue weighted by Crippen LogP contribution is 2.24. The van der Waals surface area contributed by atoms with Gasteiger partial charge in [0, 0.05) is 31.7 Å². The van der Waals surface area contributed by atoms with Crippen LogP contribution < -0.4 is 5.73 Å². The fourth-order valence-corrected chi connectivity index (χ4v) is 3.44. The van der Waals surface area contributed by atoms with Crippen molar-refractivity contribution in [3.63, 3.8) is 0 Å². The maximum atomic E-state index is 8.84. The molecule has 0 aromatic heterocycles. The third kappa shape index (κ3) is 4.83. The lowest BCUT2D eigenvalue weighted by Crippen LogP contribution is -2.52. The van der Waals surface area contributed by atoms with Gasteiger partial charge >= 0.3 is 0 Å². The molecule has 0 aromatic rings. The molecule has 122 valence electrons. The second kappa shape index (κ2) is 7.96. The lowest BCUT2D eigenvalue weighted by Gasteiger charge is -2.39. The van der Waals surface area contributed by atoms with Crippen LogP contribution in [0.2, 0.25) is 0 Å². The second-order valence-corrected chi connectivity index (χ2v) is 6.54. The molecule has 2 rings (SSSR count). The number of morpholine rings is 1. The zero-order valence-corrected chi connectivity index (χ0v) is 13.4. The van der Waals surface area contributed by atoms with Gasteiger partial charge < -0.3 is 15.7 Å². The monoisotopic (exact) mass is 298 g/mol. The Morgan fingerprint density at radius 1 is 1.43 bits per heavy atom. The fourth-order valence-electron chi connectivity index (χ4n) is 3.44. The lowest BCUT2D eigenvalue weighted by molar-refractivity contribution is -0.0547. The second-order valence-electron chi connectivity index (χ2n) is 6.54. The molecular formula is C15H30N4O2. The Bertz CT molecular complexity index is 343. The smallest absolute Gasteiger partial charge is 0.153 e. The van der Waals surface area contributed by atoms with Crippen LogP contribution in [-0.2, 0) is 4.74 Å². The summed E-state index contributed by atoms with van der Waals surface area (Å²) in [6, 6.07) is 1.10. The number of nitrogens with zero attached hydrogens (tertiary/aromatic N) is 3. The average Bonchev–Trinajstić information content (AvgIpc) is 3.01. The van der Waals surface area contributed by atoms with Crippen LogP contribution >= 0.6 is 0 Å². The summed E-state index contributed by atoms with van der Waals surface area (Å²) in [6.07, 6.45) is 5.19. The van der Waals surface area contributed by atoms with E-state index in [2.05, 4.69) is 28.8 Å². The minimum Gasteiger partial charge on any atom is -0.409 e. The van der Waals surface area contributed by atoms with Gasteiger partial charge in [-0.2, -0.15) is 0 Å². The van der Waals surface area contributed by atoms with Crippen LogP contribution in [-0.4, -0.2) is 71.8 Å². The van der Waals surface area contributed by atoms with Crippen molar-refractivity contribution in [3.8, 4) is 0 Å². The Labute approximate surface area is 127 Å². The zero-order valence-electron chi connectivity index (χ0n) is 13.4. The van der Waals surface area contributed by atoms with Gasteiger partial charge in [0.05, 0.1) is 19.3 Å². The average molecular weight is 298 g/mol. The maximum Gasteiger partial charge on any atom is 0.153 e. The van der Waals surface area contributed by atoms with E-state index in [0.717, 1.165) is 26.2 Å². The first-order valence-electron chi connectivity index (χ1n) is 8.16. The predicted octanol–water partition coefficient (Wildman–Crippen LogP) is 1.09. The summed E-state index contributed by atoms with van der Waals surface area (Å²) >= 11 is 0. The van der Waals surface area contributed by atoms with Crippen molar-refractivity contribution in [2.24, 2.45) is 10.9 Å². The van der Waals surface area contributed by atoms with Crippen molar-refractivity contribution in [2.75, 3.05) is 32.8 Å².